The molecule has 2 rings (SSSR count). The molecular formula is C11H17N3. The predicted octanol–water partition coefficient (Wildman–Crippen LogP) is 1.03. The number of hydrazine groups is 1. The Morgan fingerprint density at radius 3 is 3.07 bits per heavy atom. The second-order valence-corrected chi connectivity index (χ2v) is 3.67. The molecule has 76 valence electrons. The van der Waals surface area contributed by atoms with E-state index in [-0.39, 0.29) is 0 Å². The summed E-state index contributed by atoms with van der Waals surface area (Å²) in [7, 11) is 0. The third-order valence-corrected chi connectivity index (χ3v) is 2.82. The first-order valence-electron chi connectivity index (χ1n) is 5.15. The van der Waals surface area contributed by atoms with E-state index in [1.807, 2.05) is 0 Å². The highest BCUT2D eigenvalue weighted by molar-refractivity contribution is 5.58. The van der Waals surface area contributed by atoms with Gasteiger partial charge in [0, 0.05) is 25.3 Å². The monoisotopic (exact) mass is 191 g/mol. The van der Waals surface area contributed by atoms with Gasteiger partial charge in [-0.25, -0.2) is 0 Å². The van der Waals surface area contributed by atoms with Crippen molar-refractivity contribution in [1.29, 1.82) is 0 Å². The minimum atomic E-state index is 0.749. The van der Waals surface area contributed by atoms with Gasteiger partial charge in [0.2, 0.25) is 0 Å². The minimum Gasteiger partial charge on any atom is -0.371 e. The lowest BCUT2D eigenvalue weighted by Gasteiger charge is -2.16. The average Bonchev–Trinajstić information content (AvgIpc) is 2.60. The molecule has 0 amide bonds. The van der Waals surface area contributed by atoms with E-state index in [2.05, 4.69) is 35.4 Å². The lowest BCUT2D eigenvalue weighted by molar-refractivity contribution is 0.741. The molecule has 0 fully saturated rings. The van der Waals surface area contributed by atoms with Gasteiger partial charge in [0.15, 0.2) is 0 Å². The Hall–Kier alpha value is -1.06. The number of nitrogens with one attached hydrogen (secondary N) is 1. The first kappa shape index (κ1) is 9.49. The van der Waals surface area contributed by atoms with Crippen LogP contribution in [0.15, 0.2) is 18.2 Å². The van der Waals surface area contributed by atoms with Crippen LogP contribution in [0.4, 0.5) is 5.69 Å². The normalized spacial score (nSPS) is 14.6. The largest absolute Gasteiger partial charge is 0.371 e. The fourth-order valence-corrected chi connectivity index (χ4v) is 2.08. The molecule has 0 saturated heterocycles. The standard InChI is InChI=1S/C11H17N3/c1-2-14-6-5-10-7-9(8-13-12)3-4-11(10)14/h3-4,7,13H,2,5-6,8,12H2,1H3. The summed E-state index contributed by atoms with van der Waals surface area (Å²) in [4.78, 5) is 2.41. The fourth-order valence-electron chi connectivity index (χ4n) is 2.08. The molecule has 0 unspecified atom stereocenters. The van der Waals surface area contributed by atoms with Crippen LogP contribution in [0, 0.1) is 0 Å². The summed E-state index contributed by atoms with van der Waals surface area (Å²) in [6.45, 7) is 5.21. The molecule has 1 aliphatic heterocycles. The molecule has 0 saturated carbocycles. The van der Waals surface area contributed by atoms with Crippen molar-refractivity contribution >= 4 is 5.69 Å². The fraction of sp³-hybridized carbons (Fsp3) is 0.455. The number of rotatable bonds is 3. The number of fused-ring (bicyclic) bond motifs is 1. The van der Waals surface area contributed by atoms with E-state index in [9.17, 15) is 0 Å². The number of nitrogens with two attached hydrogens (primary N) is 1. The van der Waals surface area contributed by atoms with Crippen molar-refractivity contribution in [3.63, 3.8) is 0 Å². The Morgan fingerprint density at radius 2 is 2.36 bits per heavy atom. The number of anilines is 1. The number of likely N-dealkylation sites (N-methyl/N-ethyl adjacent to an activating group) is 1. The summed E-state index contributed by atoms with van der Waals surface area (Å²) in [6.07, 6.45) is 1.17. The molecule has 0 spiro atoms. The lowest BCUT2D eigenvalue weighted by atomic mass is 10.1. The van der Waals surface area contributed by atoms with Crippen LogP contribution in [-0.2, 0) is 13.0 Å². The van der Waals surface area contributed by atoms with Gasteiger partial charge in [-0.1, -0.05) is 12.1 Å². The predicted molar refractivity (Wildman–Crippen MR) is 59.1 cm³/mol. The highest BCUT2D eigenvalue weighted by atomic mass is 15.2. The van der Waals surface area contributed by atoms with Crippen molar-refractivity contribution in [3.05, 3.63) is 29.3 Å². The zero-order valence-corrected chi connectivity index (χ0v) is 8.59. The van der Waals surface area contributed by atoms with E-state index in [4.69, 9.17) is 5.84 Å². The van der Waals surface area contributed by atoms with Crippen LogP contribution < -0.4 is 16.2 Å². The van der Waals surface area contributed by atoms with E-state index in [0.717, 1.165) is 19.6 Å². The van der Waals surface area contributed by atoms with E-state index in [1.54, 1.807) is 0 Å². The molecule has 3 nitrogen and oxygen atoms in total. The molecule has 0 aromatic heterocycles. The highest BCUT2D eigenvalue weighted by Gasteiger charge is 2.16. The molecule has 1 heterocycles. The molecule has 0 aliphatic carbocycles. The van der Waals surface area contributed by atoms with E-state index in [1.165, 1.54) is 23.2 Å². The van der Waals surface area contributed by atoms with E-state index in [0.29, 0.717) is 0 Å². The smallest absolute Gasteiger partial charge is 0.0399 e. The zero-order valence-electron chi connectivity index (χ0n) is 8.59. The van der Waals surface area contributed by atoms with Crippen LogP contribution in [0.25, 0.3) is 0 Å². The topological polar surface area (TPSA) is 41.3 Å². The summed E-state index contributed by atoms with van der Waals surface area (Å²) in [5, 5.41) is 0. The second-order valence-electron chi connectivity index (χ2n) is 3.67. The number of benzene rings is 1. The molecular weight excluding hydrogens is 174 g/mol. The van der Waals surface area contributed by atoms with Crippen molar-refractivity contribution in [1.82, 2.24) is 5.43 Å². The summed E-state index contributed by atoms with van der Waals surface area (Å²) < 4.78 is 0. The van der Waals surface area contributed by atoms with Crippen LogP contribution in [0.3, 0.4) is 0 Å². The number of nitrogens with zero attached hydrogens (tertiary/aromatic N) is 1. The maximum absolute atomic E-state index is 5.30. The lowest BCUT2D eigenvalue weighted by Crippen LogP contribution is -2.21. The average molecular weight is 191 g/mol. The number of hydrogen-bond acceptors (Lipinski definition) is 3. The SMILES string of the molecule is CCN1CCc2cc(CNN)ccc21. The molecule has 1 aromatic carbocycles. The number of hydrogen-bond donors (Lipinski definition) is 2. The second kappa shape index (κ2) is 3.98. The minimum absolute atomic E-state index is 0.749. The van der Waals surface area contributed by atoms with Crippen LogP contribution >= 0.6 is 0 Å². The Balaban J connectivity index is 2.25. The molecule has 3 heteroatoms. The maximum atomic E-state index is 5.30. The van der Waals surface area contributed by atoms with Gasteiger partial charge in [-0.05, 0) is 30.5 Å². The van der Waals surface area contributed by atoms with Gasteiger partial charge in [-0.15, -0.1) is 0 Å². The Morgan fingerprint density at radius 1 is 1.50 bits per heavy atom. The van der Waals surface area contributed by atoms with Crippen LogP contribution in [0.1, 0.15) is 18.1 Å². The van der Waals surface area contributed by atoms with Gasteiger partial charge in [-0.3, -0.25) is 11.3 Å². The molecule has 0 radical (unpaired) electrons. The summed E-state index contributed by atoms with van der Waals surface area (Å²) in [5.41, 5.74) is 6.81. The maximum Gasteiger partial charge on any atom is 0.0399 e. The molecule has 14 heavy (non-hydrogen) atoms. The van der Waals surface area contributed by atoms with Gasteiger partial charge < -0.3 is 4.90 Å². The third-order valence-electron chi connectivity index (χ3n) is 2.82. The van der Waals surface area contributed by atoms with Gasteiger partial charge in [0.1, 0.15) is 0 Å². The van der Waals surface area contributed by atoms with Crippen molar-refractivity contribution < 1.29 is 0 Å². The van der Waals surface area contributed by atoms with Gasteiger partial charge in [0.25, 0.3) is 0 Å². The quantitative estimate of drug-likeness (QED) is 0.554. The molecule has 1 aliphatic rings. The zero-order chi connectivity index (χ0) is 9.97. The Bertz CT molecular complexity index is 322. The van der Waals surface area contributed by atoms with Crippen LogP contribution in [0.2, 0.25) is 0 Å². The van der Waals surface area contributed by atoms with Crippen LogP contribution in [-0.4, -0.2) is 13.1 Å². The molecule has 0 atom stereocenters. The highest BCUT2D eigenvalue weighted by Crippen LogP contribution is 2.28. The van der Waals surface area contributed by atoms with Gasteiger partial charge in [0.05, 0.1) is 0 Å². The van der Waals surface area contributed by atoms with Crippen molar-refractivity contribution in [2.75, 3.05) is 18.0 Å². The van der Waals surface area contributed by atoms with E-state index >= 15 is 0 Å². The van der Waals surface area contributed by atoms with Gasteiger partial charge in [-0.2, -0.15) is 0 Å². The Labute approximate surface area is 84.9 Å². The summed E-state index contributed by atoms with van der Waals surface area (Å²) >= 11 is 0. The first-order valence-corrected chi connectivity index (χ1v) is 5.15. The van der Waals surface area contributed by atoms with Crippen molar-refractivity contribution in [2.45, 2.75) is 19.9 Å². The summed E-state index contributed by atoms with van der Waals surface area (Å²) in [6, 6.07) is 6.61. The van der Waals surface area contributed by atoms with Crippen LogP contribution in [0.5, 0.6) is 0 Å². The van der Waals surface area contributed by atoms with E-state index < -0.39 is 0 Å². The molecule has 3 N–H and O–H groups in total. The Kier molecular flexibility index (Phi) is 2.70. The van der Waals surface area contributed by atoms with Crippen molar-refractivity contribution in [2.24, 2.45) is 5.84 Å². The molecule has 0 bridgehead atoms. The summed E-state index contributed by atoms with van der Waals surface area (Å²) in [5.74, 6) is 5.30. The molecule has 1 aromatic rings. The van der Waals surface area contributed by atoms with Gasteiger partial charge >= 0.3 is 0 Å². The first-order chi connectivity index (χ1) is 6.85. The van der Waals surface area contributed by atoms with Crippen molar-refractivity contribution in [3.8, 4) is 0 Å². The third kappa shape index (κ3) is 1.61.